The van der Waals surface area contributed by atoms with Crippen LogP contribution in [-0.4, -0.2) is 34.6 Å². The summed E-state index contributed by atoms with van der Waals surface area (Å²) in [5.74, 6) is -0.317. The molecule has 1 heterocycles. The van der Waals surface area contributed by atoms with Crippen molar-refractivity contribution in [2.24, 2.45) is 0 Å². The molecule has 0 aliphatic heterocycles. The second-order valence-corrected chi connectivity index (χ2v) is 2.38. The van der Waals surface area contributed by atoms with Crippen LogP contribution < -0.4 is 5.73 Å². The Kier molecular flexibility index (Phi) is 2.86. The number of esters is 1. The summed E-state index contributed by atoms with van der Waals surface area (Å²) in [7, 11) is 1.27. The van der Waals surface area contributed by atoms with Crippen molar-refractivity contribution < 1.29 is 14.6 Å². The van der Waals surface area contributed by atoms with Crippen LogP contribution in [0.5, 0.6) is 0 Å². The Labute approximate surface area is 74.9 Å². The molecule has 0 atom stereocenters. The molecule has 1 aromatic rings. The van der Waals surface area contributed by atoms with Gasteiger partial charge in [-0.2, -0.15) is 5.10 Å². The van der Waals surface area contributed by atoms with Gasteiger partial charge in [0.1, 0.15) is 11.4 Å². The number of nitrogens with zero attached hydrogens (tertiary/aromatic N) is 2. The number of carbonyl (C=O) groups excluding carboxylic acids is 1. The molecule has 3 N–H and O–H groups in total. The van der Waals surface area contributed by atoms with E-state index in [1.54, 1.807) is 0 Å². The average molecular weight is 185 g/mol. The number of carbonyl (C=O) groups is 1. The smallest absolute Gasteiger partial charge is 0.343 e. The highest BCUT2D eigenvalue weighted by molar-refractivity contribution is 5.93. The Balaban J connectivity index is 2.92. The van der Waals surface area contributed by atoms with Crippen molar-refractivity contribution >= 4 is 11.8 Å². The number of hydrogen-bond donors (Lipinski definition) is 2. The quantitative estimate of drug-likeness (QED) is 0.604. The molecule has 0 saturated carbocycles. The first-order valence-electron chi connectivity index (χ1n) is 3.71. The Morgan fingerprint density at radius 1 is 1.85 bits per heavy atom. The van der Waals surface area contributed by atoms with Crippen molar-refractivity contribution in [2.45, 2.75) is 6.54 Å². The SMILES string of the molecule is COC(=O)c1cnn(CCO)c1N. The van der Waals surface area contributed by atoms with E-state index in [9.17, 15) is 4.79 Å². The molecule has 0 saturated heterocycles. The zero-order chi connectivity index (χ0) is 9.84. The number of nitrogens with two attached hydrogens (primary N) is 1. The first-order valence-corrected chi connectivity index (χ1v) is 3.71. The summed E-state index contributed by atoms with van der Waals surface area (Å²) in [5, 5.41) is 12.4. The molecule has 0 aliphatic rings. The molecule has 0 unspecified atom stereocenters. The van der Waals surface area contributed by atoms with Crippen molar-refractivity contribution in [3.63, 3.8) is 0 Å². The number of methoxy groups -OCH3 is 1. The first kappa shape index (κ1) is 9.53. The molecular weight excluding hydrogens is 174 g/mol. The lowest BCUT2D eigenvalue weighted by atomic mass is 10.3. The van der Waals surface area contributed by atoms with Crippen molar-refractivity contribution in [3.05, 3.63) is 11.8 Å². The van der Waals surface area contributed by atoms with E-state index in [0.29, 0.717) is 0 Å². The zero-order valence-electron chi connectivity index (χ0n) is 7.23. The summed E-state index contributed by atoms with van der Waals surface area (Å²) in [4.78, 5) is 11.0. The van der Waals surface area contributed by atoms with Crippen molar-refractivity contribution in [1.29, 1.82) is 0 Å². The average Bonchev–Trinajstić information content (AvgIpc) is 2.48. The Hall–Kier alpha value is -1.56. The minimum atomic E-state index is -0.526. The van der Waals surface area contributed by atoms with Gasteiger partial charge in [-0.05, 0) is 0 Å². The van der Waals surface area contributed by atoms with E-state index in [1.165, 1.54) is 18.0 Å². The molecular formula is C7H11N3O3. The van der Waals surface area contributed by atoms with E-state index in [-0.39, 0.29) is 24.5 Å². The Bertz CT molecular complexity index is 308. The maximum Gasteiger partial charge on any atom is 0.343 e. The predicted octanol–water partition coefficient (Wildman–Crippen LogP) is -0.756. The number of aromatic nitrogens is 2. The highest BCUT2D eigenvalue weighted by Crippen LogP contribution is 2.11. The molecule has 72 valence electrons. The largest absolute Gasteiger partial charge is 0.465 e. The van der Waals surface area contributed by atoms with Gasteiger partial charge in [0.05, 0.1) is 26.5 Å². The van der Waals surface area contributed by atoms with Crippen LogP contribution >= 0.6 is 0 Å². The third-order valence-electron chi connectivity index (χ3n) is 1.60. The maximum atomic E-state index is 11.0. The van der Waals surface area contributed by atoms with Gasteiger partial charge >= 0.3 is 5.97 Å². The Morgan fingerprint density at radius 3 is 3.08 bits per heavy atom. The standard InChI is InChI=1S/C7H11N3O3/c1-13-7(12)5-4-9-10(2-3-11)6(5)8/h4,11H,2-3,8H2,1H3. The molecule has 1 aromatic heterocycles. The minimum Gasteiger partial charge on any atom is -0.465 e. The van der Waals surface area contributed by atoms with Crippen LogP contribution in [0.3, 0.4) is 0 Å². The number of hydrogen-bond acceptors (Lipinski definition) is 5. The number of aliphatic hydroxyl groups is 1. The molecule has 0 amide bonds. The first-order chi connectivity index (χ1) is 6.20. The highest BCUT2D eigenvalue weighted by Gasteiger charge is 2.14. The maximum absolute atomic E-state index is 11.0. The zero-order valence-corrected chi connectivity index (χ0v) is 7.23. The van der Waals surface area contributed by atoms with Gasteiger partial charge in [-0.1, -0.05) is 0 Å². The molecule has 6 heteroatoms. The molecule has 0 fully saturated rings. The summed E-state index contributed by atoms with van der Waals surface area (Å²) in [6.45, 7) is 0.190. The molecule has 0 bridgehead atoms. The van der Waals surface area contributed by atoms with E-state index < -0.39 is 5.97 Å². The van der Waals surface area contributed by atoms with Crippen LogP contribution in [0.25, 0.3) is 0 Å². The fourth-order valence-electron chi connectivity index (χ4n) is 0.935. The van der Waals surface area contributed by atoms with Crippen LogP contribution in [0.2, 0.25) is 0 Å². The lowest BCUT2D eigenvalue weighted by Gasteiger charge is -2.01. The number of ether oxygens (including phenoxy) is 1. The van der Waals surface area contributed by atoms with E-state index >= 15 is 0 Å². The third-order valence-corrected chi connectivity index (χ3v) is 1.60. The van der Waals surface area contributed by atoms with E-state index in [2.05, 4.69) is 9.84 Å². The summed E-state index contributed by atoms with van der Waals surface area (Å²) < 4.78 is 5.81. The lowest BCUT2D eigenvalue weighted by Crippen LogP contribution is -2.10. The third kappa shape index (κ3) is 1.78. The summed E-state index contributed by atoms with van der Waals surface area (Å²) in [6, 6.07) is 0. The van der Waals surface area contributed by atoms with E-state index in [1.807, 2.05) is 0 Å². The van der Waals surface area contributed by atoms with Crippen LogP contribution in [0.4, 0.5) is 5.82 Å². The molecule has 6 nitrogen and oxygen atoms in total. The monoisotopic (exact) mass is 185 g/mol. The van der Waals surface area contributed by atoms with Gasteiger partial charge in [0.15, 0.2) is 0 Å². The van der Waals surface area contributed by atoms with Crippen LogP contribution in [-0.2, 0) is 11.3 Å². The number of aliphatic hydroxyl groups excluding tert-OH is 1. The van der Waals surface area contributed by atoms with Gasteiger partial charge in [0, 0.05) is 0 Å². The Morgan fingerprint density at radius 2 is 2.54 bits per heavy atom. The molecule has 0 radical (unpaired) electrons. The topological polar surface area (TPSA) is 90.4 Å². The van der Waals surface area contributed by atoms with Crippen LogP contribution in [0.1, 0.15) is 10.4 Å². The number of rotatable bonds is 3. The van der Waals surface area contributed by atoms with Crippen molar-refractivity contribution in [3.8, 4) is 0 Å². The van der Waals surface area contributed by atoms with E-state index in [0.717, 1.165) is 0 Å². The lowest BCUT2D eigenvalue weighted by molar-refractivity contribution is 0.0602. The normalized spacial score (nSPS) is 10.0. The predicted molar refractivity (Wildman–Crippen MR) is 45.1 cm³/mol. The molecule has 0 spiro atoms. The van der Waals surface area contributed by atoms with Gasteiger partial charge in [-0.3, -0.25) is 0 Å². The van der Waals surface area contributed by atoms with Crippen molar-refractivity contribution in [1.82, 2.24) is 9.78 Å². The minimum absolute atomic E-state index is 0.0769. The fourth-order valence-corrected chi connectivity index (χ4v) is 0.935. The molecule has 0 aromatic carbocycles. The summed E-state index contributed by atoms with van der Waals surface area (Å²) >= 11 is 0. The second kappa shape index (κ2) is 3.90. The van der Waals surface area contributed by atoms with Gasteiger partial charge in [-0.15, -0.1) is 0 Å². The highest BCUT2D eigenvalue weighted by atomic mass is 16.5. The number of nitrogen functional groups attached to an aromatic ring is 1. The van der Waals surface area contributed by atoms with Crippen LogP contribution in [0, 0.1) is 0 Å². The number of anilines is 1. The molecule has 13 heavy (non-hydrogen) atoms. The van der Waals surface area contributed by atoms with E-state index in [4.69, 9.17) is 10.8 Å². The van der Waals surface area contributed by atoms with Crippen molar-refractivity contribution in [2.75, 3.05) is 19.5 Å². The summed E-state index contributed by atoms with van der Waals surface area (Å²) in [6.07, 6.45) is 1.32. The van der Waals surface area contributed by atoms with Gasteiger partial charge in [0.2, 0.25) is 0 Å². The van der Waals surface area contributed by atoms with Crippen LogP contribution in [0.15, 0.2) is 6.20 Å². The molecule has 0 aliphatic carbocycles. The van der Waals surface area contributed by atoms with Gasteiger partial charge < -0.3 is 15.6 Å². The second-order valence-electron chi connectivity index (χ2n) is 2.38. The fraction of sp³-hybridized carbons (Fsp3) is 0.429. The summed E-state index contributed by atoms with van der Waals surface area (Å²) in [5.41, 5.74) is 5.77. The van der Waals surface area contributed by atoms with Gasteiger partial charge in [-0.25, -0.2) is 9.48 Å². The molecule has 1 rings (SSSR count). The van der Waals surface area contributed by atoms with Gasteiger partial charge in [0.25, 0.3) is 0 Å².